The van der Waals surface area contributed by atoms with E-state index in [0.29, 0.717) is 6.54 Å². The van der Waals surface area contributed by atoms with E-state index in [1.165, 1.54) is 24.2 Å². The van der Waals surface area contributed by atoms with Gasteiger partial charge in [0.2, 0.25) is 0 Å². The Labute approximate surface area is 155 Å². The van der Waals surface area contributed by atoms with Gasteiger partial charge in [-0.2, -0.15) is 0 Å². The first-order valence-electron chi connectivity index (χ1n) is 8.64. The molecule has 1 saturated heterocycles. The second kappa shape index (κ2) is 7.61. The molecule has 4 rings (SSSR count). The van der Waals surface area contributed by atoms with Gasteiger partial charge in [0.15, 0.2) is 0 Å². The van der Waals surface area contributed by atoms with Gasteiger partial charge in [-0.05, 0) is 25.0 Å². The second-order valence-electron chi connectivity index (χ2n) is 6.13. The Kier molecular flexibility index (Phi) is 4.88. The highest BCUT2D eigenvalue weighted by Gasteiger charge is 2.19. The van der Waals surface area contributed by atoms with E-state index >= 15 is 0 Å². The van der Waals surface area contributed by atoms with Crippen LogP contribution in [0.1, 0.15) is 28.9 Å². The maximum absolute atomic E-state index is 12.7. The number of benzene rings is 1. The molecule has 3 heterocycles. The molecule has 1 aliphatic heterocycles. The Balaban J connectivity index is 1.44. The molecule has 0 saturated carbocycles. The average Bonchev–Trinajstić information content (AvgIpc) is 3.39. The highest BCUT2D eigenvalue weighted by molar-refractivity contribution is 7.13. The zero-order valence-corrected chi connectivity index (χ0v) is 15.1. The van der Waals surface area contributed by atoms with E-state index in [4.69, 9.17) is 0 Å². The van der Waals surface area contributed by atoms with Crippen LogP contribution >= 0.6 is 11.3 Å². The van der Waals surface area contributed by atoms with Crippen molar-refractivity contribution in [2.75, 3.05) is 18.0 Å². The van der Waals surface area contributed by atoms with Crippen LogP contribution in [-0.4, -0.2) is 33.9 Å². The number of aromatic nitrogens is 3. The van der Waals surface area contributed by atoms with E-state index in [1.807, 2.05) is 29.6 Å². The van der Waals surface area contributed by atoms with Crippen molar-refractivity contribution in [3.05, 3.63) is 59.5 Å². The van der Waals surface area contributed by atoms with Gasteiger partial charge in [0.1, 0.15) is 10.7 Å². The predicted molar refractivity (Wildman–Crippen MR) is 102 cm³/mol. The van der Waals surface area contributed by atoms with Crippen molar-refractivity contribution in [1.82, 2.24) is 20.3 Å². The summed E-state index contributed by atoms with van der Waals surface area (Å²) in [5.41, 5.74) is 3.30. The van der Waals surface area contributed by atoms with Crippen LogP contribution < -0.4 is 10.2 Å². The minimum atomic E-state index is -0.0680. The first-order valence-corrected chi connectivity index (χ1v) is 9.52. The molecule has 1 N–H and O–H groups in total. The van der Waals surface area contributed by atoms with E-state index in [9.17, 15) is 4.79 Å². The van der Waals surface area contributed by atoms with Crippen LogP contribution in [-0.2, 0) is 6.54 Å². The quantitative estimate of drug-likeness (QED) is 0.752. The van der Waals surface area contributed by atoms with Crippen LogP contribution in [0.15, 0.2) is 48.2 Å². The zero-order valence-electron chi connectivity index (χ0n) is 14.3. The fourth-order valence-corrected chi connectivity index (χ4v) is 3.86. The number of hydrogen-bond acceptors (Lipinski definition) is 6. The van der Waals surface area contributed by atoms with E-state index < -0.39 is 0 Å². The van der Waals surface area contributed by atoms with Crippen LogP contribution in [0, 0.1) is 0 Å². The van der Waals surface area contributed by atoms with E-state index in [0.717, 1.165) is 40.7 Å². The molecule has 0 unspecified atom stereocenters. The lowest BCUT2D eigenvalue weighted by molar-refractivity contribution is 0.0951. The third-order valence-electron chi connectivity index (χ3n) is 4.36. The molecule has 0 spiro atoms. The van der Waals surface area contributed by atoms with Gasteiger partial charge in [-0.25, -0.2) is 4.98 Å². The van der Waals surface area contributed by atoms with Gasteiger partial charge in [-0.1, -0.05) is 12.1 Å². The van der Waals surface area contributed by atoms with Crippen molar-refractivity contribution in [3.63, 3.8) is 0 Å². The fraction of sp³-hybridized carbons (Fsp3) is 0.263. The Morgan fingerprint density at radius 1 is 1.19 bits per heavy atom. The maximum atomic E-state index is 12.7. The number of rotatable bonds is 5. The van der Waals surface area contributed by atoms with Crippen molar-refractivity contribution in [1.29, 1.82) is 0 Å². The van der Waals surface area contributed by atoms with Gasteiger partial charge in [0.25, 0.3) is 5.91 Å². The lowest BCUT2D eigenvalue weighted by atomic mass is 10.1. The third kappa shape index (κ3) is 3.57. The second-order valence-corrected chi connectivity index (χ2v) is 6.99. The molecular weight excluding hydrogens is 346 g/mol. The number of carbonyl (C=O) groups excluding carboxylic acids is 1. The Bertz CT molecular complexity index is 890. The van der Waals surface area contributed by atoms with Crippen LogP contribution in [0.25, 0.3) is 10.7 Å². The van der Waals surface area contributed by atoms with Crippen molar-refractivity contribution in [3.8, 4) is 10.7 Å². The van der Waals surface area contributed by atoms with Gasteiger partial charge >= 0.3 is 0 Å². The summed E-state index contributed by atoms with van der Waals surface area (Å²) >= 11 is 1.50. The summed E-state index contributed by atoms with van der Waals surface area (Å²) in [6, 6.07) is 7.80. The summed E-state index contributed by atoms with van der Waals surface area (Å²) in [6.45, 7) is 2.42. The molecule has 3 aromatic rings. The van der Waals surface area contributed by atoms with Gasteiger partial charge in [0.05, 0.1) is 24.0 Å². The van der Waals surface area contributed by atoms with Gasteiger partial charge in [-0.3, -0.25) is 14.8 Å². The van der Waals surface area contributed by atoms with Crippen molar-refractivity contribution < 1.29 is 4.79 Å². The largest absolute Gasteiger partial charge is 0.371 e. The van der Waals surface area contributed by atoms with Crippen LogP contribution in [0.5, 0.6) is 0 Å². The molecule has 6 nitrogen and oxygen atoms in total. The molecule has 1 aliphatic rings. The number of para-hydroxylation sites is 1. The topological polar surface area (TPSA) is 71.0 Å². The fourth-order valence-electron chi connectivity index (χ4n) is 3.08. The molecule has 0 bridgehead atoms. The highest BCUT2D eigenvalue weighted by Crippen LogP contribution is 2.25. The van der Waals surface area contributed by atoms with E-state index in [2.05, 4.69) is 25.2 Å². The minimum absolute atomic E-state index is 0.0680. The number of carbonyl (C=O) groups is 1. The zero-order chi connectivity index (χ0) is 17.8. The summed E-state index contributed by atoms with van der Waals surface area (Å²) < 4.78 is 0. The molecule has 26 heavy (non-hydrogen) atoms. The molecular formula is C19H19N5OS. The van der Waals surface area contributed by atoms with E-state index in [1.54, 1.807) is 18.6 Å². The highest BCUT2D eigenvalue weighted by atomic mass is 32.1. The molecule has 1 aromatic carbocycles. The summed E-state index contributed by atoms with van der Waals surface area (Å²) in [7, 11) is 0. The van der Waals surface area contributed by atoms with Gasteiger partial charge in [0, 0.05) is 36.6 Å². The van der Waals surface area contributed by atoms with Crippen molar-refractivity contribution in [2.45, 2.75) is 19.4 Å². The Morgan fingerprint density at radius 3 is 2.85 bits per heavy atom. The van der Waals surface area contributed by atoms with Crippen molar-refractivity contribution in [2.24, 2.45) is 0 Å². The number of nitrogens with one attached hydrogen (secondary N) is 1. The molecule has 2 aromatic heterocycles. The lowest BCUT2D eigenvalue weighted by Crippen LogP contribution is -2.27. The Hall–Kier alpha value is -2.80. The SMILES string of the molecule is O=C(NCc1csc(-c2cnccn2)n1)c1ccccc1N1CCCC1. The first-order chi connectivity index (χ1) is 12.8. The van der Waals surface area contributed by atoms with Crippen molar-refractivity contribution >= 4 is 22.9 Å². The summed E-state index contributed by atoms with van der Waals surface area (Å²) in [5, 5.41) is 5.73. The molecule has 0 radical (unpaired) electrons. The molecule has 1 fully saturated rings. The molecule has 0 aliphatic carbocycles. The number of hydrogen-bond donors (Lipinski definition) is 1. The summed E-state index contributed by atoms with van der Waals surface area (Å²) in [6.07, 6.45) is 7.33. The average molecular weight is 365 g/mol. The monoisotopic (exact) mass is 365 g/mol. The summed E-state index contributed by atoms with van der Waals surface area (Å²) in [5.74, 6) is -0.0680. The van der Waals surface area contributed by atoms with Gasteiger partial charge < -0.3 is 10.2 Å². The molecule has 1 amide bonds. The van der Waals surface area contributed by atoms with Crippen LogP contribution in [0.3, 0.4) is 0 Å². The number of thiazole rings is 1. The molecule has 0 atom stereocenters. The summed E-state index contributed by atoms with van der Waals surface area (Å²) in [4.78, 5) is 27.8. The minimum Gasteiger partial charge on any atom is -0.371 e. The first kappa shape index (κ1) is 16.7. The number of nitrogens with zero attached hydrogens (tertiary/aromatic N) is 4. The lowest BCUT2D eigenvalue weighted by Gasteiger charge is -2.20. The number of amides is 1. The standard InChI is InChI=1S/C19H19N5OS/c25-18(15-5-1-2-6-17(15)24-9-3-4-10-24)22-11-14-13-26-19(23-14)16-12-20-7-8-21-16/h1-2,5-8,12-13H,3-4,9-11H2,(H,22,25). The van der Waals surface area contributed by atoms with Crippen LogP contribution in [0.4, 0.5) is 5.69 Å². The smallest absolute Gasteiger partial charge is 0.253 e. The molecule has 7 heteroatoms. The predicted octanol–water partition coefficient (Wildman–Crippen LogP) is 3.13. The third-order valence-corrected chi connectivity index (χ3v) is 5.27. The molecule has 132 valence electrons. The normalized spacial score (nSPS) is 13.8. The Morgan fingerprint density at radius 2 is 2.04 bits per heavy atom. The van der Waals surface area contributed by atoms with Crippen LogP contribution in [0.2, 0.25) is 0 Å². The van der Waals surface area contributed by atoms with E-state index in [-0.39, 0.29) is 5.91 Å². The maximum Gasteiger partial charge on any atom is 0.253 e. The van der Waals surface area contributed by atoms with Gasteiger partial charge in [-0.15, -0.1) is 11.3 Å². The number of anilines is 1.